The maximum absolute atomic E-state index is 11.9. The Hall–Kier alpha value is -0.770. The van der Waals surface area contributed by atoms with Crippen molar-refractivity contribution in [1.29, 1.82) is 0 Å². The first-order chi connectivity index (χ1) is 7.87. The molecule has 3 nitrogen and oxygen atoms in total. The predicted molar refractivity (Wildman–Crippen MR) is 69.7 cm³/mol. The number of halogens is 2. The molecular weight excluding hydrogens is 261 g/mol. The number of rotatable bonds is 4. The van der Waals surface area contributed by atoms with E-state index in [-0.39, 0.29) is 23.5 Å². The van der Waals surface area contributed by atoms with E-state index in [4.69, 9.17) is 28.3 Å². The second-order valence-electron chi connectivity index (χ2n) is 4.60. The fraction of sp³-hybridized carbons (Fsp3) is 0.417. The molecule has 1 aromatic carbocycles. The zero-order valence-corrected chi connectivity index (χ0v) is 11.3. The molecule has 0 radical (unpaired) electrons. The third-order valence-corrected chi connectivity index (χ3v) is 2.98. The van der Waals surface area contributed by atoms with Crippen molar-refractivity contribution < 1.29 is 9.90 Å². The molecule has 0 aliphatic carbocycles. The quantitative estimate of drug-likeness (QED) is 0.888. The number of hydrogen-bond acceptors (Lipinski definition) is 2. The smallest absolute Gasteiger partial charge is 0.254 e. The molecule has 17 heavy (non-hydrogen) atoms. The summed E-state index contributed by atoms with van der Waals surface area (Å²) in [7, 11) is 0. The van der Waals surface area contributed by atoms with Gasteiger partial charge in [0.25, 0.3) is 5.91 Å². The van der Waals surface area contributed by atoms with E-state index in [0.29, 0.717) is 16.6 Å². The molecule has 2 N–H and O–H groups in total. The minimum atomic E-state index is -0.372. The molecule has 0 aromatic heterocycles. The molecule has 0 unspecified atom stereocenters. The largest absolute Gasteiger partial charge is 0.396 e. The van der Waals surface area contributed by atoms with Crippen molar-refractivity contribution >= 4 is 29.1 Å². The summed E-state index contributed by atoms with van der Waals surface area (Å²) in [6.07, 6.45) is 0. The summed E-state index contributed by atoms with van der Waals surface area (Å²) in [5, 5.41) is 12.4. The lowest BCUT2D eigenvalue weighted by Gasteiger charge is -2.22. The second-order valence-corrected chi connectivity index (χ2v) is 5.42. The third kappa shape index (κ3) is 3.87. The highest BCUT2D eigenvalue weighted by atomic mass is 35.5. The van der Waals surface area contributed by atoms with Gasteiger partial charge in [-0.15, -0.1) is 0 Å². The van der Waals surface area contributed by atoms with Crippen LogP contribution in [-0.4, -0.2) is 24.2 Å². The lowest BCUT2D eigenvalue weighted by atomic mass is 9.95. The molecule has 0 saturated heterocycles. The van der Waals surface area contributed by atoms with Crippen LogP contribution in [0.4, 0.5) is 0 Å². The Morgan fingerprint density at radius 2 is 1.88 bits per heavy atom. The molecule has 0 aliphatic heterocycles. The van der Waals surface area contributed by atoms with Gasteiger partial charge in [0.1, 0.15) is 0 Å². The van der Waals surface area contributed by atoms with Crippen LogP contribution < -0.4 is 5.32 Å². The van der Waals surface area contributed by atoms with Gasteiger partial charge in [0.2, 0.25) is 0 Å². The maximum Gasteiger partial charge on any atom is 0.254 e. The second kappa shape index (κ2) is 5.71. The number of amides is 1. The summed E-state index contributed by atoms with van der Waals surface area (Å²) < 4.78 is 0. The number of nitrogens with one attached hydrogen (secondary N) is 1. The Labute approximate surface area is 111 Å². The molecular formula is C12H15Cl2NO2. The summed E-state index contributed by atoms with van der Waals surface area (Å²) in [6.45, 7) is 4.04. The van der Waals surface area contributed by atoms with E-state index in [1.807, 2.05) is 13.8 Å². The summed E-state index contributed by atoms with van der Waals surface area (Å²) in [4.78, 5) is 11.9. The highest BCUT2D eigenvalue weighted by Crippen LogP contribution is 2.24. The number of carbonyl (C=O) groups excluding carboxylic acids is 1. The number of carbonyl (C=O) groups is 1. The lowest BCUT2D eigenvalue weighted by molar-refractivity contribution is 0.0911. The van der Waals surface area contributed by atoms with Crippen LogP contribution in [0.5, 0.6) is 0 Å². The molecule has 5 heteroatoms. The average Bonchev–Trinajstić information content (AvgIpc) is 2.26. The van der Waals surface area contributed by atoms with Gasteiger partial charge in [-0.3, -0.25) is 4.79 Å². The zero-order chi connectivity index (χ0) is 13.1. The summed E-state index contributed by atoms with van der Waals surface area (Å²) in [6, 6.07) is 4.90. The van der Waals surface area contributed by atoms with Gasteiger partial charge < -0.3 is 10.4 Å². The summed E-state index contributed by atoms with van der Waals surface area (Å²) in [5.74, 6) is -0.331. The molecule has 0 atom stereocenters. The number of benzene rings is 1. The molecule has 0 saturated carbocycles. The zero-order valence-electron chi connectivity index (χ0n) is 9.76. The Balaban J connectivity index is 2.78. The van der Waals surface area contributed by atoms with Crippen LogP contribution >= 0.6 is 23.2 Å². The molecule has 0 aliphatic rings. The van der Waals surface area contributed by atoms with E-state index >= 15 is 0 Å². The number of aliphatic hydroxyl groups is 1. The van der Waals surface area contributed by atoms with Crippen LogP contribution in [0.1, 0.15) is 24.2 Å². The Bertz CT molecular complexity index is 399. The van der Waals surface area contributed by atoms with E-state index in [1.165, 1.54) is 0 Å². The maximum atomic E-state index is 11.9. The molecule has 0 spiro atoms. The fourth-order valence-electron chi connectivity index (χ4n) is 1.18. The van der Waals surface area contributed by atoms with Crippen molar-refractivity contribution in [3.8, 4) is 0 Å². The van der Waals surface area contributed by atoms with Gasteiger partial charge in [-0.05, 0) is 12.1 Å². The van der Waals surface area contributed by atoms with Crippen molar-refractivity contribution in [3.63, 3.8) is 0 Å². The van der Waals surface area contributed by atoms with Gasteiger partial charge in [0, 0.05) is 18.6 Å². The van der Waals surface area contributed by atoms with Gasteiger partial charge in [0.15, 0.2) is 0 Å². The molecule has 94 valence electrons. The van der Waals surface area contributed by atoms with Gasteiger partial charge in [0.05, 0.1) is 15.6 Å². The van der Waals surface area contributed by atoms with Crippen molar-refractivity contribution in [2.45, 2.75) is 13.8 Å². The molecule has 0 heterocycles. The molecule has 1 rings (SSSR count). The summed E-state index contributed by atoms with van der Waals surface area (Å²) >= 11 is 11.8. The lowest BCUT2D eigenvalue weighted by Crippen LogP contribution is -2.36. The highest BCUT2D eigenvalue weighted by Gasteiger charge is 2.20. The van der Waals surface area contributed by atoms with Crippen molar-refractivity contribution in [2.75, 3.05) is 13.2 Å². The molecule has 0 bridgehead atoms. The van der Waals surface area contributed by atoms with Crippen LogP contribution in [0, 0.1) is 5.41 Å². The normalized spacial score (nSPS) is 11.4. The first-order valence-corrected chi connectivity index (χ1v) is 5.96. The van der Waals surface area contributed by atoms with Gasteiger partial charge in [-0.1, -0.05) is 43.1 Å². The number of aliphatic hydroxyl groups excluding tert-OH is 1. The Morgan fingerprint density at radius 1 is 1.35 bits per heavy atom. The van der Waals surface area contributed by atoms with E-state index in [1.54, 1.807) is 18.2 Å². The van der Waals surface area contributed by atoms with Crippen molar-refractivity contribution in [1.82, 2.24) is 5.32 Å². The van der Waals surface area contributed by atoms with Gasteiger partial charge in [-0.25, -0.2) is 0 Å². The first-order valence-electron chi connectivity index (χ1n) is 5.20. The highest BCUT2D eigenvalue weighted by molar-refractivity contribution is 6.39. The SMILES string of the molecule is CC(C)(CO)CNC(=O)c1c(Cl)cccc1Cl. The monoisotopic (exact) mass is 275 g/mol. The van der Waals surface area contributed by atoms with Crippen LogP contribution in [0.3, 0.4) is 0 Å². The minimum Gasteiger partial charge on any atom is -0.396 e. The van der Waals surface area contributed by atoms with Crippen LogP contribution in [0.15, 0.2) is 18.2 Å². The predicted octanol–water partition coefficient (Wildman–Crippen LogP) is 2.74. The fourth-order valence-corrected chi connectivity index (χ4v) is 1.75. The van der Waals surface area contributed by atoms with Gasteiger partial charge >= 0.3 is 0 Å². The van der Waals surface area contributed by atoms with Gasteiger partial charge in [-0.2, -0.15) is 0 Å². The first kappa shape index (κ1) is 14.3. The molecule has 1 aromatic rings. The van der Waals surface area contributed by atoms with Crippen LogP contribution in [-0.2, 0) is 0 Å². The molecule has 0 fully saturated rings. The van der Waals surface area contributed by atoms with E-state index < -0.39 is 0 Å². The minimum absolute atomic E-state index is 0.0104. The standard InChI is InChI=1S/C12H15Cl2NO2/c1-12(2,7-16)6-15-11(17)10-8(13)4-3-5-9(10)14/h3-5,16H,6-7H2,1-2H3,(H,15,17). The third-order valence-electron chi connectivity index (χ3n) is 2.35. The van der Waals surface area contributed by atoms with Crippen molar-refractivity contribution in [3.05, 3.63) is 33.8 Å². The van der Waals surface area contributed by atoms with E-state index in [9.17, 15) is 4.79 Å². The topological polar surface area (TPSA) is 49.3 Å². The Kier molecular flexibility index (Phi) is 4.80. The molecule has 1 amide bonds. The average molecular weight is 276 g/mol. The number of hydrogen-bond donors (Lipinski definition) is 2. The Morgan fingerprint density at radius 3 is 2.35 bits per heavy atom. The van der Waals surface area contributed by atoms with Crippen LogP contribution in [0.2, 0.25) is 10.0 Å². The van der Waals surface area contributed by atoms with Crippen molar-refractivity contribution in [2.24, 2.45) is 5.41 Å². The van der Waals surface area contributed by atoms with E-state index in [0.717, 1.165) is 0 Å². The summed E-state index contributed by atoms with van der Waals surface area (Å²) in [5.41, 5.74) is -0.104. The van der Waals surface area contributed by atoms with Crippen LogP contribution in [0.25, 0.3) is 0 Å². The van der Waals surface area contributed by atoms with E-state index in [2.05, 4.69) is 5.32 Å².